The fraction of sp³-hybridized carbons (Fsp3) is 0.515. The van der Waals surface area contributed by atoms with E-state index >= 15 is 0 Å². The zero-order valence-electron chi connectivity index (χ0n) is 23.9. The minimum Gasteiger partial charge on any atom is -0.504 e. The predicted molar refractivity (Wildman–Crippen MR) is 152 cm³/mol. The van der Waals surface area contributed by atoms with Crippen LogP contribution in [0.25, 0.3) is 0 Å². The molecule has 0 spiro atoms. The summed E-state index contributed by atoms with van der Waals surface area (Å²) in [7, 11) is 0. The van der Waals surface area contributed by atoms with E-state index in [1.807, 2.05) is 13.8 Å². The second kappa shape index (κ2) is 9.42. The van der Waals surface area contributed by atoms with Gasteiger partial charge in [-0.25, -0.2) is 0 Å². The molecule has 0 radical (unpaired) electrons. The third kappa shape index (κ3) is 5.06. The highest BCUT2D eigenvalue weighted by Gasteiger charge is 2.47. The molecule has 0 aromatic heterocycles. The van der Waals surface area contributed by atoms with Crippen molar-refractivity contribution in [2.75, 3.05) is 0 Å². The number of hydrogen-bond donors (Lipinski definition) is 2. The Balaban J connectivity index is 1.59. The summed E-state index contributed by atoms with van der Waals surface area (Å²) in [5, 5.41) is 20.4. The predicted octanol–water partition coefficient (Wildman–Crippen LogP) is 5.91. The van der Waals surface area contributed by atoms with Crippen molar-refractivity contribution < 1.29 is 19.7 Å². The van der Waals surface area contributed by atoms with Gasteiger partial charge in [0.05, 0.1) is 0 Å². The summed E-state index contributed by atoms with van der Waals surface area (Å²) in [5.74, 6) is 0.932. The largest absolute Gasteiger partial charge is 0.504 e. The molecule has 2 aromatic rings. The molecule has 0 saturated heterocycles. The van der Waals surface area contributed by atoms with Crippen molar-refractivity contribution in [3.05, 3.63) is 79.1 Å². The number of hydrogen-bond acceptors (Lipinski definition) is 6. The molecule has 4 unspecified atom stereocenters. The summed E-state index contributed by atoms with van der Waals surface area (Å²) in [6, 6.07) is 5.96. The minimum atomic E-state index is -0.539. The van der Waals surface area contributed by atoms with Crippen molar-refractivity contribution in [3.8, 4) is 23.0 Å². The molecule has 39 heavy (non-hydrogen) atoms. The second-order valence-electron chi connectivity index (χ2n) is 13.1. The standard InChI is InChI=1S/C33H40O6/c1-19-12-25(34)27(36)16-29-23(19)14-21-8-11-33(6)22(18-31(3,4)9-7-10-32(21,5)38-29)15-24-20(2)13-26(35)28(37)17-30(24)39-33/h7,9,12-13,16-17,21-22H,8,10-11,14-15,18H2,1-6H3,(H,34,36)(H,35,37). The van der Waals surface area contributed by atoms with Gasteiger partial charge in [0.25, 0.3) is 0 Å². The Labute approximate surface area is 230 Å². The van der Waals surface area contributed by atoms with Gasteiger partial charge in [0.2, 0.25) is 10.9 Å². The Hall–Kier alpha value is -3.28. The van der Waals surface area contributed by atoms with Gasteiger partial charge in [-0.3, -0.25) is 9.59 Å². The molecule has 5 rings (SSSR count). The van der Waals surface area contributed by atoms with Crippen molar-refractivity contribution in [1.82, 2.24) is 0 Å². The highest BCUT2D eigenvalue weighted by Crippen LogP contribution is 2.49. The van der Waals surface area contributed by atoms with Crippen LogP contribution in [0.3, 0.4) is 0 Å². The van der Waals surface area contributed by atoms with Crippen LogP contribution in [0.1, 0.15) is 75.6 Å². The Morgan fingerprint density at radius 1 is 0.769 bits per heavy atom. The maximum atomic E-state index is 12.5. The average Bonchev–Trinajstić information content (AvgIpc) is 3.00. The van der Waals surface area contributed by atoms with E-state index in [4.69, 9.17) is 9.47 Å². The van der Waals surface area contributed by atoms with Crippen LogP contribution in [0.5, 0.6) is 23.0 Å². The molecule has 0 amide bonds. The molecule has 2 heterocycles. The van der Waals surface area contributed by atoms with E-state index in [0.29, 0.717) is 17.9 Å². The van der Waals surface area contributed by atoms with E-state index in [1.165, 1.54) is 18.2 Å². The summed E-state index contributed by atoms with van der Waals surface area (Å²) in [5.41, 5.74) is 1.61. The van der Waals surface area contributed by atoms with Crippen LogP contribution in [0.4, 0.5) is 0 Å². The van der Waals surface area contributed by atoms with E-state index in [2.05, 4.69) is 39.8 Å². The zero-order valence-corrected chi connectivity index (χ0v) is 23.9. The number of ether oxygens (including phenoxy) is 2. The first-order valence-corrected chi connectivity index (χ1v) is 14.0. The van der Waals surface area contributed by atoms with Crippen LogP contribution in [0.2, 0.25) is 0 Å². The molecule has 2 aliphatic heterocycles. The van der Waals surface area contributed by atoms with Crippen LogP contribution in [-0.4, -0.2) is 21.4 Å². The van der Waals surface area contributed by atoms with Crippen molar-refractivity contribution in [3.63, 3.8) is 0 Å². The molecule has 0 fully saturated rings. The van der Waals surface area contributed by atoms with Gasteiger partial charge < -0.3 is 19.7 Å². The quantitative estimate of drug-likeness (QED) is 0.410. The molecule has 6 heteroatoms. The van der Waals surface area contributed by atoms with Crippen molar-refractivity contribution in [2.24, 2.45) is 17.3 Å². The number of fused-ring (bicyclic) bond motifs is 4. The van der Waals surface area contributed by atoms with Crippen LogP contribution in [0, 0.1) is 31.1 Å². The Morgan fingerprint density at radius 2 is 1.28 bits per heavy atom. The lowest BCUT2D eigenvalue weighted by molar-refractivity contribution is -0.0357. The monoisotopic (exact) mass is 532 g/mol. The first-order chi connectivity index (χ1) is 18.2. The molecule has 2 aromatic carbocycles. The summed E-state index contributed by atoms with van der Waals surface area (Å²) < 4.78 is 13.4. The van der Waals surface area contributed by atoms with Gasteiger partial charge in [-0.05, 0) is 99.6 Å². The van der Waals surface area contributed by atoms with Crippen LogP contribution >= 0.6 is 0 Å². The second-order valence-corrected chi connectivity index (χ2v) is 13.1. The molecule has 208 valence electrons. The van der Waals surface area contributed by atoms with E-state index in [1.54, 1.807) is 6.07 Å². The third-order valence-corrected chi connectivity index (χ3v) is 9.45. The molecular formula is C33H40O6. The lowest BCUT2D eigenvalue weighted by Gasteiger charge is -2.47. The molecular weight excluding hydrogens is 492 g/mol. The van der Waals surface area contributed by atoms with Gasteiger partial charge >= 0.3 is 0 Å². The molecule has 1 aliphatic carbocycles. The summed E-state index contributed by atoms with van der Waals surface area (Å²) in [4.78, 5) is 25.0. The van der Waals surface area contributed by atoms with E-state index in [9.17, 15) is 19.8 Å². The fourth-order valence-corrected chi connectivity index (χ4v) is 6.91. The number of aromatic hydroxyl groups is 2. The Bertz CT molecular complexity index is 1470. The fourth-order valence-electron chi connectivity index (χ4n) is 6.91. The molecule has 4 atom stereocenters. The SMILES string of the molecule is Cc1cc(O)c(=O)cc2c1CC1CCC3(C)Oc4cc(=O)c(O)cc(C)c4CC3CC(C)(C)C=CCC1(C)O2. The zero-order chi connectivity index (χ0) is 28.3. The molecule has 3 aliphatic rings. The molecule has 0 saturated carbocycles. The van der Waals surface area contributed by atoms with Gasteiger partial charge in [0.15, 0.2) is 11.5 Å². The Morgan fingerprint density at radius 3 is 1.85 bits per heavy atom. The maximum absolute atomic E-state index is 12.5. The number of aryl methyl sites for hydroxylation is 2. The van der Waals surface area contributed by atoms with Gasteiger partial charge in [0, 0.05) is 30.4 Å². The van der Waals surface area contributed by atoms with Gasteiger partial charge in [-0.1, -0.05) is 26.0 Å². The smallest absolute Gasteiger partial charge is 0.223 e. The lowest BCUT2D eigenvalue weighted by atomic mass is 9.69. The topological polar surface area (TPSA) is 93.1 Å². The highest BCUT2D eigenvalue weighted by atomic mass is 16.5. The van der Waals surface area contributed by atoms with Gasteiger partial charge in [0.1, 0.15) is 22.7 Å². The van der Waals surface area contributed by atoms with Crippen LogP contribution < -0.4 is 20.3 Å². The van der Waals surface area contributed by atoms with E-state index < -0.39 is 22.1 Å². The van der Waals surface area contributed by atoms with Crippen molar-refractivity contribution in [2.45, 2.75) is 91.3 Å². The maximum Gasteiger partial charge on any atom is 0.223 e. The highest BCUT2D eigenvalue weighted by molar-refractivity contribution is 5.46. The van der Waals surface area contributed by atoms with Crippen molar-refractivity contribution >= 4 is 0 Å². The average molecular weight is 533 g/mol. The first kappa shape index (κ1) is 27.3. The van der Waals surface area contributed by atoms with E-state index in [-0.39, 0.29) is 28.7 Å². The number of allylic oxidation sites excluding steroid dienone is 1. The van der Waals surface area contributed by atoms with Gasteiger partial charge in [-0.15, -0.1) is 0 Å². The van der Waals surface area contributed by atoms with E-state index in [0.717, 1.165) is 54.4 Å². The van der Waals surface area contributed by atoms with Crippen LogP contribution in [-0.2, 0) is 12.8 Å². The first-order valence-electron chi connectivity index (χ1n) is 14.0. The number of rotatable bonds is 0. The minimum absolute atomic E-state index is 0.108. The molecule has 6 nitrogen and oxygen atoms in total. The van der Waals surface area contributed by atoms with Gasteiger partial charge in [-0.2, -0.15) is 0 Å². The summed E-state index contributed by atoms with van der Waals surface area (Å²) in [6.45, 7) is 12.6. The van der Waals surface area contributed by atoms with Crippen LogP contribution in [0.15, 0.2) is 46.0 Å². The molecule has 2 N–H and O–H groups in total. The third-order valence-electron chi connectivity index (χ3n) is 9.45. The van der Waals surface area contributed by atoms with Crippen molar-refractivity contribution in [1.29, 1.82) is 0 Å². The Kier molecular flexibility index (Phi) is 6.60. The summed E-state index contributed by atoms with van der Waals surface area (Å²) >= 11 is 0. The molecule has 0 bridgehead atoms. The summed E-state index contributed by atoms with van der Waals surface area (Å²) in [6.07, 6.45) is 9.19. The lowest BCUT2D eigenvalue weighted by Crippen LogP contribution is -2.49. The normalized spacial score (nSPS) is 29.3.